The molecule has 1 fully saturated rings. The zero-order valence-corrected chi connectivity index (χ0v) is 15.0. The van der Waals surface area contributed by atoms with Gasteiger partial charge >= 0.3 is 0 Å². The van der Waals surface area contributed by atoms with Gasteiger partial charge in [-0.15, -0.1) is 0 Å². The van der Waals surface area contributed by atoms with E-state index in [4.69, 9.17) is 0 Å². The van der Waals surface area contributed by atoms with E-state index in [2.05, 4.69) is 20.0 Å². The average Bonchev–Trinajstić information content (AvgIpc) is 3.14. The summed E-state index contributed by atoms with van der Waals surface area (Å²) in [6.45, 7) is 1.26. The van der Waals surface area contributed by atoms with Crippen LogP contribution >= 0.6 is 0 Å². The van der Waals surface area contributed by atoms with Crippen LogP contribution in [0.2, 0.25) is 0 Å². The molecule has 8 heteroatoms. The van der Waals surface area contributed by atoms with Crippen LogP contribution in [0.25, 0.3) is 11.3 Å². The molecule has 0 aromatic carbocycles. The van der Waals surface area contributed by atoms with Crippen molar-refractivity contribution in [3.05, 3.63) is 69.8 Å². The molecule has 1 aliphatic rings. The Morgan fingerprint density at radius 3 is 2.70 bits per heavy atom. The summed E-state index contributed by atoms with van der Waals surface area (Å²) in [6.07, 6.45) is 6.84. The molecule has 0 N–H and O–H groups in total. The first-order valence-electron chi connectivity index (χ1n) is 8.90. The van der Waals surface area contributed by atoms with E-state index in [1.807, 2.05) is 12.1 Å². The maximum atomic E-state index is 12.3. The van der Waals surface area contributed by atoms with E-state index in [9.17, 15) is 9.59 Å². The molecule has 138 valence electrons. The van der Waals surface area contributed by atoms with Crippen molar-refractivity contribution in [1.82, 2.24) is 24.3 Å². The highest BCUT2D eigenvalue weighted by atomic mass is 16.1. The first-order valence-corrected chi connectivity index (χ1v) is 8.90. The summed E-state index contributed by atoms with van der Waals surface area (Å²) in [4.78, 5) is 34.8. The van der Waals surface area contributed by atoms with Crippen LogP contribution in [-0.4, -0.2) is 36.9 Å². The lowest BCUT2D eigenvalue weighted by Gasteiger charge is -2.25. The summed E-state index contributed by atoms with van der Waals surface area (Å²) >= 11 is 0. The zero-order valence-electron chi connectivity index (χ0n) is 15.0. The third-order valence-corrected chi connectivity index (χ3v) is 4.86. The topological polar surface area (TPSA) is 85.9 Å². The highest BCUT2D eigenvalue weighted by molar-refractivity contribution is 5.57. The number of nitrogens with zero attached hydrogens (tertiary/aromatic N) is 6. The third-order valence-electron chi connectivity index (χ3n) is 4.86. The Morgan fingerprint density at radius 1 is 1.11 bits per heavy atom. The first-order chi connectivity index (χ1) is 13.1. The molecule has 8 nitrogen and oxygen atoms in total. The molecule has 1 saturated heterocycles. The Bertz CT molecular complexity index is 1060. The van der Waals surface area contributed by atoms with Crippen molar-refractivity contribution < 1.29 is 0 Å². The zero-order chi connectivity index (χ0) is 18.8. The van der Waals surface area contributed by atoms with Gasteiger partial charge in [0.05, 0.1) is 24.6 Å². The highest BCUT2D eigenvalue weighted by Gasteiger charge is 2.27. The molecular formula is C19H20N6O2. The maximum absolute atomic E-state index is 12.3. The quantitative estimate of drug-likeness (QED) is 0.688. The van der Waals surface area contributed by atoms with Crippen LogP contribution in [0.3, 0.4) is 0 Å². The van der Waals surface area contributed by atoms with Crippen molar-refractivity contribution in [2.24, 2.45) is 7.05 Å². The van der Waals surface area contributed by atoms with Crippen LogP contribution in [0, 0.1) is 0 Å². The summed E-state index contributed by atoms with van der Waals surface area (Å²) in [5, 5.41) is 4.53. The summed E-state index contributed by atoms with van der Waals surface area (Å²) in [7, 11) is 1.68. The van der Waals surface area contributed by atoms with Crippen molar-refractivity contribution in [2.75, 3.05) is 11.4 Å². The SMILES string of the molecule is Cn1cnc(N2CCCC2Cn2nc(-c3ccncc3)ccc2=O)cc1=O. The van der Waals surface area contributed by atoms with Gasteiger partial charge in [-0.2, -0.15) is 5.10 Å². The fourth-order valence-corrected chi connectivity index (χ4v) is 3.39. The molecule has 4 rings (SSSR count). The molecule has 3 aromatic rings. The van der Waals surface area contributed by atoms with Gasteiger partial charge in [0, 0.05) is 43.7 Å². The molecule has 1 aliphatic heterocycles. The monoisotopic (exact) mass is 364 g/mol. The molecule has 3 aromatic heterocycles. The molecule has 0 spiro atoms. The standard InChI is InChI=1S/C19H20N6O2/c1-23-13-21-17(11-19(23)27)24-10-2-3-15(24)12-25-18(26)5-4-16(22-25)14-6-8-20-9-7-14/h4-9,11,13,15H,2-3,10,12H2,1H3. The van der Waals surface area contributed by atoms with Crippen LogP contribution in [-0.2, 0) is 13.6 Å². The molecule has 0 amide bonds. The minimum absolute atomic E-state index is 0.0718. The van der Waals surface area contributed by atoms with Gasteiger partial charge in [-0.05, 0) is 31.0 Å². The molecule has 0 bridgehead atoms. The summed E-state index contributed by atoms with van der Waals surface area (Å²) < 4.78 is 2.94. The van der Waals surface area contributed by atoms with Crippen molar-refractivity contribution in [3.63, 3.8) is 0 Å². The Hall–Kier alpha value is -3.29. The minimum atomic E-state index is -0.142. The van der Waals surface area contributed by atoms with Gasteiger partial charge in [0.1, 0.15) is 5.82 Å². The van der Waals surface area contributed by atoms with Crippen molar-refractivity contribution in [3.8, 4) is 11.3 Å². The maximum Gasteiger partial charge on any atom is 0.266 e. The Morgan fingerprint density at radius 2 is 1.93 bits per heavy atom. The number of aryl methyl sites for hydroxylation is 1. The number of aromatic nitrogens is 5. The van der Waals surface area contributed by atoms with Gasteiger partial charge in [0.25, 0.3) is 11.1 Å². The van der Waals surface area contributed by atoms with Gasteiger partial charge in [-0.3, -0.25) is 14.6 Å². The van der Waals surface area contributed by atoms with E-state index in [-0.39, 0.29) is 17.2 Å². The van der Waals surface area contributed by atoms with Crippen LogP contribution in [0.4, 0.5) is 5.82 Å². The van der Waals surface area contributed by atoms with E-state index in [1.54, 1.807) is 37.6 Å². The van der Waals surface area contributed by atoms with Crippen LogP contribution in [0.1, 0.15) is 12.8 Å². The molecule has 1 atom stereocenters. The normalized spacial score (nSPS) is 16.6. The van der Waals surface area contributed by atoms with Crippen LogP contribution < -0.4 is 16.0 Å². The van der Waals surface area contributed by atoms with E-state index in [1.165, 1.54) is 15.6 Å². The van der Waals surface area contributed by atoms with Gasteiger partial charge in [0.15, 0.2) is 0 Å². The van der Waals surface area contributed by atoms with Gasteiger partial charge in [-0.25, -0.2) is 9.67 Å². The van der Waals surface area contributed by atoms with Crippen molar-refractivity contribution >= 4 is 5.82 Å². The lowest BCUT2D eigenvalue weighted by Crippen LogP contribution is -2.38. The molecule has 27 heavy (non-hydrogen) atoms. The Labute approximate surface area is 155 Å². The molecule has 4 heterocycles. The second-order valence-electron chi connectivity index (χ2n) is 6.66. The summed E-state index contributed by atoms with van der Waals surface area (Å²) in [5.74, 6) is 0.652. The number of pyridine rings is 1. The smallest absolute Gasteiger partial charge is 0.266 e. The predicted octanol–water partition coefficient (Wildman–Crippen LogP) is 1.07. The predicted molar refractivity (Wildman–Crippen MR) is 102 cm³/mol. The van der Waals surface area contributed by atoms with Crippen molar-refractivity contribution in [1.29, 1.82) is 0 Å². The van der Waals surface area contributed by atoms with E-state index < -0.39 is 0 Å². The molecular weight excluding hydrogens is 344 g/mol. The van der Waals surface area contributed by atoms with Crippen LogP contribution in [0.15, 0.2) is 58.6 Å². The van der Waals surface area contributed by atoms with Gasteiger partial charge in [-0.1, -0.05) is 0 Å². The largest absolute Gasteiger partial charge is 0.352 e. The fraction of sp³-hybridized carbons (Fsp3) is 0.316. The number of hydrogen-bond donors (Lipinski definition) is 0. The number of hydrogen-bond acceptors (Lipinski definition) is 6. The molecule has 0 radical (unpaired) electrons. The highest BCUT2D eigenvalue weighted by Crippen LogP contribution is 2.23. The summed E-state index contributed by atoms with van der Waals surface area (Å²) in [5.41, 5.74) is 1.40. The Balaban J connectivity index is 1.62. The average molecular weight is 364 g/mol. The summed E-state index contributed by atoms with van der Waals surface area (Å²) in [6, 6.07) is 8.61. The van der Waals surface area contributed by atoms with Gasteiger partial charge < -0.3 is 9.47 Å². The lowest BCUT2D eigenvalue weighted by atomic mass is 10.2. The molecule has 0 saturated carbocycles. The van der Waals surface area contributed by atoms with E-state index in [0.29, 0.717) is 12.4 Å². The second kappa shape index (κ2) is 7.14. The molecule has 1 unspecified atom stereocenters. The second-order valence-corrected chi connectivity index (χ2v) is 6.66. The van der Waals surface area contributed by atoms with E-state index >= 15 is 0 Å². The number of anilines is 1. The number of rotatable bonds is 4. The van der Waals surface area contributed by atoms with Gasteiger partial charge in [0.2, 0.25) is 0 Å². The van der Waals surface area contributed by atoms with E-state index in [0.717, 1.165) is 30.6 Å². The lowest BCUT2D eigenvalue weighted by molar-refractivity contribution is 0.488. The van der Waals surface area contributed by atoms with Crippen LogP contribution in [0.5, 0.6) is 0 Å². The fourth-order valence-electron chi connectivity index (χ4n) is 3.39. The van der Waals surface area contributed by atoms with Crippen molar-refractivity contribution in [2.45, 2.75) is 25.4 Å². The first kappa shape index (κ1) is 17.1. The third kappa shape index (κ3) is 3.51. The molecule has 0 aliphatic carbocycles. The Kier molecular flexibility index (Phi) is 4.53. The minimum Gasteiger partial charge on any atom is -0.352 e.